The normalized spacial score (nSPS) is 10.7. The molecule has 0 heterocycles. The SMILES string of the molecule is Cc1cc(Cl)ccc1NC(=O)C(=O)N/N=C\c1ccc(Cl)cc1Cl. The molecule has 2 amide bonds. The monoisotopic (exact) mass is 383 g/mol. The summed E-state index contributed by atoms with van der Waals surface area (Å²) >= 11 is 17.6. The Labute approximate surface area is 153 Å². The van der Waals surface area contributed by atoms with Crippen molar-refractivity contribution in [3.63, 3.8) is 0 Å². The first kappa shape index (κ1) is 18.3. The summed E-state index contributed by atoms with van der Waals surface area (Å²) in [6, 6.07) is 9.71. The van der Waals surface area contributed by atoms with E-state index in [9.17, 15) is 9.59 Å². The molecule has 0 aromatic heterocycles. The Morgan fingerprint density at radius 2 is 1.67 bits per heavy atom. The molecular formula is C16H12Cl3N3O2. The van der Waals surface area contributed by atoms with E-state index in [1.54, 1.807) is 43.3 Å². The van der Waals surface area contributed by atoms with E-state index < -0.39 is 11.8 Å². The zero-order valence-corrected chi connectivity index (χ0v) is 14.7. The molecule has 2 rings (SSSR count). The fourth-order valence-corrected chi connectivity index (χ4v) is 2.45. The van der Waals surface area contributed by atoms with Crippen LogP contribution in [0.1, 0.15) is 11.1 Å². The summed E-state index contributed by atoms with van der Waals surface area (Å²) in [5, 5.41) is 7.58. The van der Waals surface area contributed by atoms with E-state index in [1.807, 2.05) is 0 Å². The highest BCUT2D eigenvalue weighted by Gasteiger charge is 2.14. The molecular weight excluding hydrogens is 373 g/mol. The van der Waals surface area contributed by atoms with Crippen LogP contribution in [0.25, 0.3) is 0 Å². The Morgan fingerprint density at radius 3 is 2.33 bits per heavy atom. The number of nitrogens with zero attached hydrogens (tertiary/aromatic N) is 1. The maximum Gasteiger partial charge on any atom is 0.329 e. The van der Waals surface area contributed by atoms with Crippen molar-refractivity contribution in [3.8, 4) is 0 Å². The number of halogens is 3. The topological polar surface area (TPSA) is 70.6 Å². The number of benzene rings is 2. The quantitative estimate of drug-likeness (QED) is 0.476. The smallest absolute Gasteiger partial charge is 0.317 e. The minimum Gasteiger partial charge on any atom is -0.317 e. The van der Waals surface area contributed by atoms with E-state index in [2.05, 4.69) is 15.8 Å². The van der Waals surface area contributed by atoms with Crippen LogP contribution in [0.2, 0.25) is 15.1 Å². The van der Waals surface area contributed by atoms with Crippen molar-refractivity contribution >= 4 is 58.5 Å². The third kappa shape index (κ3) is 4.96. The van der Waals surface area contributed by atoms with Crippen molar-refractivity contribution < 1.29 is 9.59 Å². The second-order valence-corrected chi connectivity index (χ2v) is 6.06. The number of nitrogens with one attached hydrogen (secondary N) is 2. The van der Waals surface area contributed by atoms with Gasteiger partial charge >= 0.3 is 11.8 Å². The standard InChI is InChI=1S/C16H12Cl3N3O2/c1-9-6-11(17)4-5-14(9)21-15(23)16(24)22-20-8-10-2-3-12(18)7-13(10)19/h2-8H,1H3,(H,21,23)(H,22,24)/b20-8-. The number of carbonyl (C=O) groups is 2. The van der Waals surface area contributed by atoms with Crippen LogP contribution in [0.5, 0.6) is 0 Å². The first-order valence-electron chi connectivity index (χ1n) is 6.72. The van der Waals surface area contributed by atoms with Gasteiger partial charge in [0.05, 0.1) is 11.2 Å². The van der Waals surface area contributed by atoms with Crippen LogP contribution in [0.4, 0.5) is 5.69 Å². The number of hydrogen-bond donors (Lipinski definition) is 2. The maximum atomic E-state index is 11.8. The molecule has 0 atom stereocenters. The van der Waals surface area contributed by atoms with Crippen LogP contribution >= 0.6 is 34.8 Å². The number of anilines is 1. The first-order valence-corrected chi connectivity index (χ1v) is 7.86. The van der Waals surface area contributed by atoms with E-state index >= 15 is 0 Å². The summed E-state index contributed by atoms with van der Waals surface area (Å²) in [7, 11) is 0. The third-order valence-electron chi connectivity index (χ3n) is 2.98. The van der Waals surface area contributed by atoms with Crippen LogP contribution in [0.3, 0.4) is 0 Å². The highest BCUT2D eigenvalue weighted by atomic mass is 35.5. The maximum absolute atomic E-state index is 11.8. The van der Waals surface area contributed by atoms with Crippen LogP contribution in [-0.4, -0.2) is 18.0 Å². The predicted octanol–water partition coefficient (Wildman–Crippen LogP) is 4.04. The van der Waals surface area contributed by atoms with Crippen molar-refractivity contribution in [2.45, 2.75) is 6.92 Å². The van der Waals surface area contributed by atoms with Gasteiger partial charge in [-0.25, -0.2) is 5.43 Å². The molecule has 0 spiro atoms. The minimum atomic E-state index is -0.911. The highest BCUT2D eigenvalue weighted by molar-refractivity contribution is 6.40. The third-order valence-corrected chi connectivity index (χ3v) is 3.77. The minimum absolute atomic E-state index is 0.377. The Morgan fingerprint density at radius 1 is 1.00 bits per heavy atom. The number of hydrazone groups is 1. The molecule has 0 saturated heterocycles. The summed E-state index contributed by atoms with van der Waals surface area (Å²) in [6.45, 7) is 1.76. The lowest BCUT2D eigenvalue weighted by Gasteiger charge is -2.07. The average Bonchev–Trinajstić information content (AvgIpc) is 2.52. The lowest BCUT2D eigenvalue weighted by Crippen LogP contribution is -2.32. The Kier molecular flexibility index (Phi) is 6.20. The summed E-state index contributed by atoms with van der Waals surface area (Å²) < 4.78 is 0. The Hall–Kier alpha value is -2.08. The molecule has 0 aliphatic carbocycles. The summed E-state index contributed by atoms with van der Waals surface area (Å²) in [4.78, 5) is 23.6. The Bertz CT molecular complexity index is 822. The molecule has 0 fully saturated rings. The predicted molar refractivity (Wildman–Crippen MR) is 97.0 cm³/mol. The number of carbonyl (C=O) groups excluding carboxylic acids is 2. The molecule has 2 N–H and O–H groups in total. The lowest BCUT2D eigenvalue weighted by molar-refractivity contribution is -0.136. The van der Waals surface area contributed by atoms with Crippen molar-refractivity contribution in [2.75, 3.05) is 5.32 Å². The fourth-order valence-electron chi connectivity index (χ4n) is 1.76. The second kappa shape index (κ2) is 8.15. The van der Waals surface area contributed by atoms with Gasteiger partial charge in [0.2, 0.25) is 0 Å². The second-order valence-electron chi connectivity index (χ2n) is 4.78. The molecule has 0 unspecified atom stereocenters. The fraction of sp³-hybridized carbons (Fsp3) is 0.0625. The van der Waals surface area contributed by atoms with Gasteiger partial charge in [-0.3, -0.25) is 9.59 Å². The van der Waals surface area contributed by atoms with Gasteiger partial charge in [-0.05, 0) is 42.8 Å². The summed E-state index contributed by atoms with van der Waals surface area (Å²) in [5.41, 5.74) is 3.90. The molecule has 124 valence electrons. The highest BCUT2D eigenvalue weighted by Crippen LogP contribution is 2.20. The number of rotatable bonds is 3. The van der Waals surface area contributed by atoms with Crippen molar-refractivity contribution in [1.82, 2.24) is 5.43 Å². The molecule has 0 radical (unpaired) electrons. The van der Waals surface area contributed by atoms with Gasteiger partial charge in [-0.2, -0.15) is 5.10 Å². The lowest BCUT2D eigenvalue weighted by atomic mass is 10.2. The van der Waals surface area contributed by atoms with Gasteiger partial charge in [0.1, 0.15) is 0 Å². The molecule has 0 saturated carbocycles. The van der Waals surface area contributed by atoms with Crippen molar-refractivity contribution in [3.05, 3.63) is 62.6 Å². The van der Waals surface area contributed by atoms with E-state index in [0.29, 0.717) is 26.3 Å². The van der Waals surface area contributed by atoms with Gasteiger partial charge in [-0.15, -0.1) is 0 Å². The van der Waals surface area contributed by atoms with E-state index in [-0.39, 0.29) is 0 Å². The molecule has 0 bridgehead atoms. The van der Waals surface area contributed by atoms with Gasteiger partial charge < -0.3 is 5.32 Å². The van der Waals surface area contributed by atoms with Crippen LogP contribution in [-0.2, 0) is 9.59 Å². The van der Waals surface area contributed by atoms with Gasteiger partial charge in [-0.1, -0.05) is 40.9 Å². The van der Waals surface area contributed by atoms with Gasteiger partial charge in [0.25, 0.3) is 0 Å². The number of aryl methyl sites for hydroxylation is 1. The largest absolute Gasteiger partial charge is 0.329 e. The molecule has 8 heteroatoms. The molecule has 0 aliphatic rings. The zero-order chi connectivity index (χ0) is 17.7. The van der Waals surface area contributed by atoms with Crippen LogP contribution in [0, 0.1) is 6.92 Å². The molecule has 2 aromatic rings. The van der Waals surface area contributed by atoms with Crippen LogP contribution < -0.4 is 10.7 Å². The van der Waals surface area contributed by atoms with E-state index in [0.717, 1.165) is 5.56 Å². The first-order chi connectivity index (χ1) is 11.4. The van der Waals surface area contributed by atoms with E-state index in [4.69, 9.17) is 34.8 Å². The summed E-state index contributed by atoms with van der Waals surface area (Å²) in [5.74, 6) is -1.76. The number of amides is 2. The molecule has 2 aromatic carbocycles. The molecule has 5 nitrogen and oxygen atoms in total. The van der Waals surface area contributed by atoms with Crippen LogP contribution in [0.15, 0.2) is 41.5 Å². The number of hydrogen-bond acceptors (Lipinski definition) is 3. The van der Waals surface area contributed by atoms with Crippen molar-refractivity contribution in [1.29, 1.82) is 0 Å². The average molecular weight is 385 g/mol. The van der Waals surface area contributed by atoms with Gasteiger partial charge in [0, 0.05) is 21.3 Å². The zero-order valence-electron chi connectivity index (χ0n) is 12.4. The van der Waals surface area contributed by atoms with E-state index in [1.165, 1.54) is 6.21 Å². The molecule has 0 aliphatic heterocycles. The Balaban J connectivity index is 1.96. The van der Waals surface area contributed by atoms with Crippen molar-refractivity contribution in [2.24, 2.45) is 5.10 Å². The summed E-state index contributed by atoms with van der Waals surface area (Å²) in [6.07, 6.45) is 1.32. The molecule has 24 heavy (non-hydrogen) atoms. The van der Waals surface area contributed by atoms with Gasteiger partial charge in [0.15, 0.2) is 0 Å².